The van der Waals surface area contributed by atoms with Crippen molar-refractivity contribution in [1.29, 1.82) is 0 Å². The van der Waals surface area contributed by atoms with Crippen LogP contribution in [0, 0.1) is 0 Å². The van der Waals surface area contributed by atoms with Gasteiger partial charge in [0, 0.05) is 31.7 Å². The lowest BCUT2D eigenvalue weighted by Crippen LogP contribution is -2.44. The van der Waals surface area contributed by atoms with E-state index in [1.165, 1.54) is 0 Å². The molecule has 4 heteroatoms. The first-order valence-electron chi connectivity index (χ1n) is 6.28. The Morgan fingerprint density at radius 1 is 1.25 bits per heavy atom. The van der Waals surface area contributed by atoms with Crippen LogP contribution in [0.15, 0.2) is 4.99 Å². The molecule has 0 saturated carbocycles. The summed E-state index contributed by atoms with van der Waals surface area (Å²) in [6.45, 7) is 13.6. The van der Waals surface area contributed by atoms with Crippen LogP contribution in [0.5, 0.6) is 0 Å². The van der Waals surface area contributed by atoms with E-state index in [4.69, 9.17) is 5.73 Å². The second kappa shape index (κ2) is 8.39. The number of rotatable bonds is 7. The summed E-state index contributed by atoms with van der Waals surface area (Å²) < 4.78 is 0. The Kier molecular flexibility index (Phi) is 7.99. The third-order valence-corrected chi connectivity index (χ3v) is 2.51. The SMILES string of the molecule is CCCN=C(N)NCCN(C(C)C)C(C)C. The molecule has 0 radical (unpaired) electrons. The predicted octanol–water partition coefficient (Wildman–Crippen LogP) is 1.42. The van der Waals surface area contributed by atoms with Crippen molar-refractivity contribution < 1.29 is 0 Å². The Morgan fingerprint density at radius 2 is 1.81 bits per heavy atom. The number of guanidine groups is 1. The molecule has 0 rings (SSSR count). The fourth-order valence-electron chi connectivity index (χ4n) is 1.71. The number of hydrogen-bond donors (Lipinski definition) is 2. The van der Waals surface area contributed by atoms with Crippen LogP contribution < -0.4 is 11.1 Å². The van der Waals surface area contributed by atoms with Crippen LogP contribution in [-0.4, -0.2) is 42.6 Å². The highest BCUT2D eigenvalue weighted by Gasteiger charge is 2.12. The summed E-state index contributed by atoms with van der Waals surface area (Å²) in [6, 6.07) is 1.13. The molecule has 0 spiro atoms. The number of nitrogens with zero attached hydrogens (tertiary/aromatic N) is 2. The minimum atomic E-state index is 0.564. The summed E-state index contributed by atoms with van der Waals surface area (Å²) in [5, 5.41) is 3.14. The maximum atomic E-state index is 5.72. The first kappa shape index (κ1) is 15.2. The molecular formula is C12H28N4. The van der Waals surface area contributed by atoms with Gasteiger partial charge in [0.05, 0.1) is 0 Å². The highest BCUT2D eigenvalue weighted by Crippen LogP contribution is 2.02. The maximum Gasteiger partial charge on any atom is 0.188 e. The van der Waals surface area contributed by atoms with Crippen molar-refractivity contribution in [3.05, 3.63) is 0 Å². The minimum absolute atomic E-state index is 0.564. The van der Waals surface area contributed by atoms with Gasteiger partial charge in [0.1, 0.15) is 0 Å². The number of aliphatic imine (C=N–C) groups is 1. The fraction of sp³-hybridized carbons (Fsp3) is 0.917. The van der Waals surface area contributed by atoms with Gasteiger partial charge in [-0.05, 0) is 34.1 Å². The normalized spacial score (nSPS) is 12.9. The molecule has 0 aliphatic carbocycles. The molecule has 0 aromatic rings. The fourth-order valence-corrected chi connectivity index (χ4v) is 1.71. The molecule has 0 aliphatic heterocycles. The molecule has 16 heavy (non-hydrogen) atoms. The van der Waals surface area contributed by atoms with E-state index in [0.717, 1.165) is 26.1 Å². The number of nitrogens with two attached hydrogens (primary N) is 1. The van der Waals surface area contributed by atoms with Crippen molar-refractivity contribution in [3.63, 3.8) is 0 Å². The van der Waals surface area contributed by atoms with Crippen LogP contribution in [0.3, 0.4) is 0 Å². The quantitative estimate of drug-likeness (QED) is 0.512. The van der Waals surface area contributed by atoms with E-state index < -0.39 is 0 Å². The van der Waals surface area contributed by atoms with Crippen LogP contribution in [0.1, 0.15) is 41.0 Å². The molecule has 3 N–H and O–H groups in total. The Balaban J connectivity index is 3.86. The van der Waals surface area contributed by atoms with Gasteiger partial charge in [-0.25, -0.2) is 0 Å². The van der Waals surface area contributed by atoms with E-state index in [2.05, 4.69) is 49.8 Å². The molecule has 0 atom stereocenters. The molecule has 0 aromatic heterocycles. The van der Waals surface area contributed by atoms with Gasteiger partial charge in [0.2, 0.25) is 0 Å². The van der Waals surface area contributed by atoms with Crippen molar-refractivity contribution in [3.8, 4) is 0 Å². The summed E-state index contributed by atoms with van der Waals surface area (Å²) in [6.07, 6.45) is 1.03. The zero-order valence-electron chi connectivity index (χ0n) is 11.5. The van der Waals surface area contributed by atoms with Crippen LogP contribution in [0.25, 0.3) is 0 Å². The topological polar surface area (TPSA) is 53.6 Å². The highest BCUT2D eigenvalue weighted by molar-refractivity contribution is 5.77. The molecule has 0 fully saturated rings. The van der Waals surface area contributed by atoms with Crippen molar-refractivity contribution in [2.75, 3.05) is 19.6 Å². The molecule has 0 aliphatic rings. The van der Waals surface area contributed by atoms with Gasteiger partial charge < -0.3 is 11.1 Å². The van der Waals surface area contributed by atoms with Gasteiger partial charge in [0.25, 0.3) is 0 Å². The Morgan fingerprint density at radius 3 is 2.25 bits per heavy atom. The van der Waals surface area contributed by atoms with Crippen LogP contribution in [0.2, 0.25) is 0 Å². The summed E-state index contributed by atoms with van der Waals surface area (Å²) in [7, 11) is 0. The van der Waals surface area contributed by atoms with Crippen LogP contribution in [-0.2, 0) is 0 Å². The monoisotopic (exact) mass is 228 g/mol. The van der Waals surface area contributed by atoms with Crippen molar-refractivity contribution >= 4 is 5.96 Å². The molecule has 0 amide bonds. The maximum absolute atomic E-state index is 5.72. The second-order valence-corrected chi connectivity index (χ2v) is 4.62. The van der Waals surface area contributed by atoms with E-state index in [1.807, 2.05) is 0 Å². The van der Waals surface area contributed by atoms with Gasteiger partial charge in [-0.3, -0.25) is 9.89 Å². The van der Waals surface area contributed by atoms with Gasteiger partial charge in [-0.15, -0.1) is 0 Å². The van der Waals surface area contributed by atoms with Gasteiger partial charge in [-0.1, -0.05) is 6.92 Å². The molecule has 0 saturated heterocycles. The molecule has 0 bridgehead atoms. The predicted molar refractivity (Wildman–Crippen MR) is 71.8 cm³/mol. The minimum Gasteiger partial charge on any atom is -0.370 e. The average molecular weight is 228 g/mol. The lowest BCUT2D eigenvalue weighted by molar-refractivity contribution is 0.178. The molecule has 0 heterocycles. The third-order valence-electron chi connectivity index (χ3n) is 2.51. The number of hydrogen-bond acceptors (Lipinski definition) is 2. The smallest absolute Gasteiger partial charge is 0.188 e. The standard InChI is InChI=1S/C12H28N4/c1-6-7-14-12(13)15-8-9-16(10(2)3)11(4)5/h10-11H,6-9H2,1-5H3,(H3,13,14,15). The lowest BCUT2D eigenvalue weighted by Gasteiger charge is -2.30. The Labute approximate surface area is 100 Å². The van der Waals surface area contributed by atoms with Gasteiger partial charge >= 0.3 is 0 Å². The van der Waals surface area contributed by atoms with E-state index in [9.17, 15) is 0 Å². The zero-order chi connectivity index (χ0) is 12.6. The van der Waals surface area contributed by atoms with Crippen molar-refractivity contribution in [1.82, 2.24) is 10.2 Å². The zero-order valence-corrected chi connectivity index (χ0v) is 11.5. The molecule has 96 valence electrons. The summed E-state index contributed by atoms with van der Waals surface area (Å²) in [4.78, 5) is 6.62. The third kappa shape index (κ3) is 6.67. The summed E-state index contributed by atoms with van der Waals surface area (Å²) in [5.74, 6) is 0.564. The van der Waals surface area contributed by atoms with E-state index >= 15 is 0 Å². The van der Waals surface area contributed by atoms with Crippen molar-refractivity contribution in [2.24, 2.45) is 10.7 Å². The molecule has 0 aromatic carbocycles. The van der Waals surface area contributed by atoms with E-state index in [1.54, 1.807) is 0 Å². The van der Waals surface area contributed by atoms with Gasteiger partial charge in [-0.2, -0.15) is 0 Å². The molecular weight excluding hydrogens is 200 g/mol. The van der Waals surface area contributed by atoms with Crippen LogP contribution in [0.4, 0.5) is 0 Å². The van der Waals surface area contributed by atoms with Crippen molar-refractivity contribution in [2.45, 2.75) is 53.1 Å². The lowest BCUT2D eigenvalue weighted by atomic mass is 10.2. The largest absolute Gasteiger partial charge is 0.370 e. The first-order chi connectivity index (χ1) is 7.49. The summed E-state index contributed by atoms with van der Waals surface area (Å²) >= 11 is 0. The van der Waals surface area contributed by atoms with Gasteiger partial charge in [0.15, 0.2) is 5.96 Å². The van der Waals surface area contributed by atoms with Crippen LogP contribution >= 0.6 is 0 Å². The Hall–Kier alpha value is -0.770. The highest BCUT2D eigenvalue weighted by atomic mass is 15.2. The first-order valence-corrected chi connectivity index (χ1v) is 6.28. The second-order valence-electron chi connectivity index (χ2n) is 4.62. The summed E-state index contributed by atoms with van der Waals surface area (Å²) in [5.41, 5.74) is 5.72. The van der Waals surface area contributed by atoms with E-state index in [0.29, 0.717) is 18.0 Å². The molecule has 4 nitrogen and oxygen atoms in total. The average Bonchev–Trinajstić information content (AvgIpc) is 2.20. The van der Waals surface area contributed by atoms with E-state index in [-0.39, 0.29) is 0 Å². The Bertz CT molecular complexity index is 191. The molecule has 0 unspecified atom stereocenters. The number of nitrogens with one attached hydrogen (secondary N) is 1.